The molecule has 5 heteroatoms. The number of carbonyl (C=O) groups excluding carboxylic acids is 2. The maximum Gasteiger partial charge on any atom is 0.223 e. The van der Waals surface area contributed by atoms with Crippen LogP contribution < -0.4 is 4.90 Å². The van der Waals surface area contributed by atoms with Crippen molar-refractivity contribution in [1.29, 1.82) is 0 Å². The second-order valence-corrected chi connectivity index (χ2v) is 7.83. The van der Waals surface area contributed by atoms with Crippen molar-refractivity contribution in [2.24, 2.45) is 0 Å². The molecule has 0 unspecified atom stereocenters. The third-order valence-electron chi connectivity index (χ3n) is 5.24. The molecule has 148 valence electrons. The number of hydrogen-bond acceptors (Lipinski definition) is 3. The van der Waals surface area contributed by atoms with E-state index in [1.165, 1.54) is 24.9 Å². The molecule has 1 amide bonds. The van der Waals surface area contributed by atoms with Crippen LogP contribution in [-0.4, -0.2) is 36.7 Å². The van der Waals surface area contributed by atoms with Crippen LogP contribution in [0.5, 0.6) is 0 Å². The van der Waals surface area contributed by atoms with Gasteiger partial charge in [-0.2, -0.15) is 0 Å². The van der Waals surface area contributed by atoms with E-state index < -0.39 is 0 Å². The predicted molar refractivity (Wildman–Crippen MR) is 114 cm³/mol. The second-order valence-electron chi connectivity index (χ2n) is 7.39. The topological polar surface area (TPSA) is 40.6 Å². The lowest BCUT2D eigenvalue weighted by atomic mass is 10.1. The van der Waals surface area contributed by atoms with Gasteiger partial charge in [-0.3, -0.25) is 9.59 Å². The Balaban J connectivity index is 1.48. The predicted octanol–water partition coefficient (Wildman–Crippen LogP) is 4.95. The minimum atomic E-state index is -0.0377. The van der Waals surface area contributed by atoms with Gasteiger partial charge in [-0.15, -0.1) is 0 Å². The standard InChI is InChI=1S/C23H27ClN2O2/c1-25(23(28)14-13-22(27)19-7-9-20(24)10-8-19)17-18-5-11-21(12-6-18)26-15-3-2-4-16-26/h5-12H,2-4,13-17H2,1H3. The molecule has 0 saturated carbocycles. The molecular weight excluding hydrogens is 372 g/mol. The number of halogens is 1. The first-order valence-corrected chi connectivity index (χ1v) is 10.3. The van der Waals surface area contributed by atoms with E-state index in [1.54, 1.807) is 36.2 Å². The normalized spacial score (nSPS) is 14.0. The highest BCUT2D eigenvalue weighted by atomic mass is 35.5. The van der Waals surface area contributed by atoms with E-state index in [0.29, 0.717) is 17.1 Å². The molecule has 1 aliphatic heterocycles. The fourth-order valence-corrected chi connectivity index (χ4v) is 3.64. The van der Waals surface area contributed by atoms with Crippen LogP contribution in [0.15, 0.2) is 48.5 Å². The van der Waals surface area contributed by atoms with Gasteiger partial charge in [0.15, 0.2) is 5.78 Å². The molecule has 0 N–H and O–H groups in total. The van der Waals surface area contributed by atoms with Crippen molar-refractivity contribution in [3.63, 3.8) is 0 Å². The largest absolute Gasteiger partial charge is 0.372 e. The molecule has 0 aromatic heterocycles. The average Bonchev–Trinajstić information content (AvgIpc) is 2.73. The van der Waals surface area contributed by atoms with Crippen LogP contribution in [0.4, 0.5) is 5.69 Å². The van der Waals surface area contributed by atoms with Gasteiger partial charge in [-0.1, -0.05) is 23.7 Å². The van der Waals surface area contributed by atoms with Crippen molar-refractivity contribution in [2.45, 2.75) is 38.6 Å². The first-order valence-electron chi connectivity index (χ1n) is 9.89. The lowest BCUT2D eigenvalue weighted by Crippen LogP contribution is -2.29. The highest BCUT2D eigenvalue weighted by molar-refractivity contribution is 6.30. The average molecular weight is 399 g/mol. The van der Waals surface area contributed by atoms with Gasteiger partial charge in [0.2, 0.25) is 5.91 Å². The molecule has 4 nitrogen and oxygen atoms in total. The molecule has 2 aromatic rings. The number of anilines is 1. The smallest absolute Gasteiger partial charge is 0.223 e. The fourth-order valence-electron chi connectivity index (χ4n) is 3.52. The van der Waals surface area contributed by atoms with Crippen molar-refractivity contribution >= 4 is 29.0 Å². The van der Waals surface area contributed by atoms with Gasteiger partial charge >= 0.3 is 0 Å². The summed E-state index contributed by atoms with van der Waals surface area (Å²) in [7, 11) is 1.79. The SMILES string of the molecule is CN(Cc1ccc(N2CCCCC2)cc1)C(=O)CCC(=O)c1ccc(Cl)cc1. The molecule has 1 fully saturated rings. The molecule has 0 atom stereocenters. The number of amides is 1. The van der Waals surface area contributed by atoms with E-state index in [2.05, 4.69) is 29.2 Å². The van der Waals surface area contributed by atoms with Gasteiger partial charge in [-0.05, 0) is 61.2 Å². The van der Waals surface area contributed by atoms with Crippen molar-refractivity contribution in [1.82, 2.24) is 4.90 Å². The minimum absolute atomic E-state index is 0.0255. The first-order chi connectivity index (χ1) is 13.5. The third kappa shape index (κ3) is 5.59. The van der Waals surface area contributed by atoms with Crippen molar-refractivity contribution < 1.29 is 9.59 Å². The number of carbonyl (C=O) groups is 2. The lowest BCUT2D eigenvalue weighted by Gasteiger charge is -2.29. The molecule has 0 aliphatic carbocycles. The number of benzene rings is 2. The molecule has 2 aromatic carbocycles. The Morgan fingerprint density at radius 2 is 1.57 bits per heavy atom. The third-order valence-corrected chi connectivity index (χ3v) is 5.49. The number of nitrogens with zero attached hydrogens (tertiary/aromatic N) is 2. The van der Waals surface area contributed by atoms with Gasteiger partial charge in [-0.25, -0.2) is 0 Å². The zero-order valence-corrected chi connectivity index (χ0v) is 17.1. The van der Waals surface area contributed by atoms with E-state index >= 15 is 0 Å². The van der Waals surface area contributed by atoms with Crippen LogP contribution in [-0.2, 0) is 11.3 Å². The van der Waals surface area contributed by atoms with Crippen LogP contribution in [0.3, 0.4) is 0 Å². The highest BCUT2D eigenvalue weighted by Crippen LogP contribution is 2.21. The van der Waals surface area contributed by atoms with Crippen LogP contribution in [0, 0.1) is 0 Å². The Labute approximate surface area is 172 Å². The van der Waals surface area contributed by atoms with Crippen LogP contribution in [0.25, 0.3) is 0 Å². The monoisotopic (exact) mass is 398 g/mol. The van der Waals surface area contributed by atoms with E-state index in [1.807, 2.05) is 0 Å². The summed E-state index contributed by atoms with van der Waals surface area (Å²) in [6, 6.07) is 15.2. The van der Waals surface area contributed by atoms with Gasteiger partial charge in [0.05, 0.1) is 0 Å². The van der Waals surface area contributed by atoms with Crippen molar-refractivity contribution in [3.05, 3.63) is 64.7 Å². The molecule has 28 heavy (non-hydrogen) atoms. The van der Waals surface area contributed by atoms with Crippen LogP contribution >= 0.6 is 11.6 Å². The Hall–Kier alpha value is -2.33. The Morgan fingerprint density at radius 3 is 2.21 bits per heavy atom. The Bertz CT molecular complexity index is 796. The number of piperidine rings is 1. The van der Waals surface area contributed by atoms with Crippen molar-refractivity contribution in [3.8, 4) is 0 Å². The molecule has 0 bridgehead atoms. The van der Waals surface area contributed by atoms with E-state index in [9.17, 15) is 9.59 Å². The fraction of sp³-hybridized carbons (Fsp3) is 0.391. The van der Waals surface area contributed by atoms with Gasteiger partial charge in [0, 0.05) is 55.8 Å². The summed E-state index contributed by atoms with van der Waals surface area (Å²) in [6.07, 6.45) is 4.26. The summed E-state index contributed by atoms with van der Waals surface area (Å²) in [5, 5.41) is 0.596. The zero-order chi connectivity index (χ0) is 19.9. The van der Waals surface area contributed by atoms with Gasteiger partial charge < -0.3 is 9.80 Å². The molecule has 1 heterocycles. The lowest BCUT2D eigenvalue weighted by molar-refractivity contribution is -0.130. The van der Waals surface area contributed by atoms with Gasteiger partial charge in [0.1, 0.15) is 0 Å². The van der Waals surface area contributed by atoms with Crippen LogP contribution in [0.1, 0.15) is 48.0 Å². The number of ketones is 1. The molecule has 0 spiro atoms. The minimum Gasteiger partial charge on any atom is -0.372 e. The summed E-state index contributed by atoms with van der Waals surface area (Å²) >= 11 is 5.84. The Kier molecular flexibility index (Phi) is 7.10. The number of rotatable bonds is 7. The summed E-state index contributed by atoms with van der Waals surface area (Å²) in [5.74, 6) is -0.0632. The summed E-state index contributed by atoms with van der Waals surface area (Å²) in [6.45, 7) is 2.80. The maximum absolute atomic E-state index is 12.4. The number of hydrogen-bond donors (Lipinski definition) is 0. The van der Waals surface area contributed by atoms with E-state index in [-0.39, 0.29) is 24.5 Å². The van der Waals surface area contributed by atoms with Crippen LogP contribution in [0.2, 0.25) is 5.02 Å². The van der Waals surface area contributed by atoms with E-state index in [4.69, 9.17) is 11.6 Å². The summed E-state index contributed by atoms with van der Waals surface area (Å²) in [4.78, 5) is 28.7. The van der Waals surface area contributed by atoms with Gasteiger partial charge in [0.25, 0.3) is 0 Å². The molecule has 1 saturated heterocycles. The molecule has 1 aliphatic rings. The molecular formula is C23H27ClN2O2. The second kappa shape index (κ2) is 9.74. The first kappa shape index (κ1) is 20.4. The maximum atomic E-state index is 12.4. The molecule has 3 rings (SSSR count). The van der Waals surface area contributed by atoms with E-state index in [0.717, 1.165) is 18.7 Å². The zero-order valence-electron chi connectivity index (χ0n) is 16.4. The summed E-state index contributed by atoms with van der Waals surface area (Å²) in [5.41, 5.74) is 2.94. The quantitative estimate of drug-likeness (QED) is 0.619. The Morgan fingerprint density at radius 1 is 0.929 bits per heavy atom. The summed E-state index contributed by atoms with van der Waals surface area (Å²) < 4.78 is 0. The molecule has 0 radical (unpaired) electrons. The number of Topliss-reactive ketones (excluding diaryl/α,β-unsaturated/α-hetero) is 1. The highest BCUT2D eigenvalue weighted by Gasteiger charge is 2.14. The van der Waals surface area contributed by atoms with Crippen molar-refractivity contribution in [2.75, 3.05) is 25.0 Å².